The summed E-state index contributed by atoms with van der Waals surface area (Å²) in [7, 11) is 0. The van der Waals surface area contributed by atoms with Crippen LogP contribution in [-0.2, 0) is 4.74 Å². The smallest absolute Gasteiger partial charge is 0.0849 e. The molecule has 0 aliphatic heterocycles. The number of ether oxygens (including phenoxy) is 1. The molecule has 2 nitrogen and oxygen atoms in total. The molecule has 0 aromatic rings. The Hall–Kier alpha value is -0.0800. The lowest BCUT2D eigenvalue weighted by molar-refractivity contribution is -0.0993. The molecule has 0 aromatic heterocycles. The molecule has 0 rings (SSSR count). The van der Waals surface area contributed by atoms with Gasteiger partial charge in [-0.25, -0.2) is 0 Å². The van der Waals surface area contributed by atoms with Gasteiger partial charge in [0.05, 0.1) is 17.8 Å². The van der Waals surface area contributed by atoms with Gasteiger partial charge in [-0.05, 0) is 34.6 Å². The van der Waals surface area contributed by atoms with Crippen molar-refractivity contribution in [3.05, 3.63) is 0 Å². The van der Waals surface area contributed by atoms with Crippen molar-refractivity contribution in [3.63, 3.8) is 0 Å². The third kappa shape index (κ3) is 3.85. The fourth-order valence-electron chi connectivity index (χ4n) is 0.575. The van der Waals surface area contributed by atoms with E-state index in [0.717, 1.165) is 0 Å². The second kappa shape index (κ2) is 3.35. The fraction of sp³-hybridized carbons (Fsp3) is 1.00. The molecule has 0 heterocycles. The van der Waals surface area contributed by atoms with Gasteiger partial charge in [-0.15, -0.1) is 0 Å². The molecule has 0 saturated heterocycles. The minimum Gasteiger partial charge on any atom is -0.388 e. The van der Waals surface area contributed by atoms with Crippen LogP contribution >= 0.6 is 0 Å². The molecule has 0 aliphatic carbocycles. The van der Waals surface area contributed by atoms with Gasteiger partial charge in [0.2, 0.25) is 0 Å². The maximum atomic E-state index is 9.41. The zero-order chi connectivity index (χ0) is 8.36. The first kappa shape index (κ1) is 9.92. The van der Waals surface area contributed by atoms with Gasteiger partial charge in [0.25, 0.3) is 0 Å². The summed E-state index contributed by atoms with van der Waals surface area (Å²) in [4.78, 5) is 0. The van der Waals surface area contributed by atoms with E-state index in [1.54, 1.807) is 13.8 Å². The van der Waals surface area contributed by atoms with Crippen LogP contribution in [0, 0.1) is 0 Å². The molecule has 0 saturated carbocycles. The summed E-state index contributed by atoms with van der Waals surface area (Å²) < 4.78 is 5.36. The molecular formula is C8H18O2. The average Bonchev–Trinajstić information content (AvgIpc) is 1.60. The van der Waals surface area contributed by atoms with Crippen molar-refractivity contribution in [3.8, 4) is 0 Å². The molecule has 0 spiro atoms. The Bertz CT molecular complexity index is 91.9. The Balaban J connectivity index is 3.73. The maximum absolute atomic E-state index is 9.41. The molecule has 1 atom stereocenters. The van der Waals surface area contributed by atoms with Crippen LogP contribution in [0.5, 0.6) is 0 Å². The molecule has 1 unspecified atom stereocenters. The predicted octanol–water partition coefficient (Wildman–Crippen LogP) is 1.57. The Kier molecular flexibility index (Phi) is 3.33. The first-order valence-corrected chi connectivity index (χ1v) is 3.72. The molecule has 0 aliphatic rings. The molecule has 2 heteroatoms. The second-order valence-corrected chi connectivity index (χ2v) is 3.48. The van der Waals surface area contributed by atoms with Gasteiger partial charge in [0.15, 0.2) is 0 Å². The van der Waals surface area contributed by atoms with Crippen LogP contribution in [0.1, 0.15) is 34.6 Å². The number of hydrogen-bond donors (Lipinski definition) is 1. The standard InChI is InChI=1S/C8H18O2/c1-6(2)10-7(3)8(4,5)9/h6-7,9H,1-5H3. The molecule has 10 heavy (non-hydrogen) atoms. The predicted molar refractivity (Wildman–Crippen MR) is 42.0 cm³/mol. The van der Waals surface area contributed by atoms with Gasteiger partial charge in [0, 0.05) is 0 Å². The zero-order valence-electron chi connectivity index (χ0n) is 7.51. The van der Waals surface area contributed by atoms with Gasteiger partial charge in [0.1, 0.15) is 0 Å². The molecule has 0 bridgehead atoms. The molecule has 0 fully saturated rings. The highest BCUT2D eigenvalue weighted by Crippen LogP contribution is 2.12. The molecular weight excluding hydrogens is 128 g/mol. The van der Waals surface area contributed by atoms with Crippen LogP contribution in [0.2, 0.25) is 0 Å². The summed E-state index contributed by atoms with van der Waals surface area (Å²) in [6, 6.07) is 0. The largest absolute Gasteiger partial charge is 0.388 e. The third-order valence-corrected chi connectivity index (χ3v) is 1.47. The Morgan fingerprint density at radius 2 is 1.60 bits per heavy atom. The molecule has 1 N–H and O–H groups in total. The Morgan fingerprint density at radius 1 is 1.20 bits per heavy atom. The summed E-state index contributed by atoms with van der Waals surface area (Å²) >= 11 is 0. The van der Waals surface area contributed by atoms with E-state index in [9.17, 15) is 5.11 Å². The second-order valence-electron chi connectivity index (χ2n) is 3.48. The minimum atomic E-state index is -0.732. The summed E-state index contributed by atoms with van der Waals surface area (Å²) in [5.74, 6) is 0. The quantitative estimate of drug-likeness (QED) is 0.655. The van der Waals surface area contributed by atoms with E-state index in [1.165, 1.54) is 0 Å². The van der Waals surface area contributed by atoms with Crippen LogP contribution in [0.15, 0.2) is 0 Å². The number of hydrogen-bond acceptors (Lipinski definition) is 2. The van der Waals surface area contributed by atoms with E-state index in [4.69, 9.17) is 4.74 Å². The molecule has 62 valence electrons. The third-order valence-electron chi connectivity index (χ3n) is 1.47. The normalized spacial score (nSPS) is 15.9. The van der Waals surface area contributed by atoms with Crippen molar-refractivity contribution >= 4 is 0 Å². The van der Waals surface area contributed by atoms with Crippen LogP contribution < -0.4 is 0 Å². The van der Waals surface area contributed by atoms with Crippen molar-refractivity contribution in [2.24, 2.45) is 0 Å². The topological polar surface area (TPSA) is 29.5 Å². The summed E-state index contributed by atoms with van der Waals surface area (Å²) in [5, 5.41) is 9.41. The molecule has 0 aromatic carbocycles. The van der Waals surface area contributed by atoms with Gasteiger partial charge in [-0.2, -0.15) is 0 Å². The van der Waals surface area contributed by atoms with Gasteiger partial charge >= 0.3 is 0 Å². The summed E-state index contributed by atoms with van der Waals surface area (Å²) in [5.41, 5.74) is -0.732. The minimum absolute atomic E-state index is 0.104. The van der Waals surface area contributed by atoms with E-state index in [2.05, 4.69) is 0 Å². The van der Waals surface area contributed by atoms with E-state index in [1.807, 2.05) is 20.8 Å². The highest BCUT2D eigenvalue weighted by Gasteiger charge is 2.23. The lowest BCUT2D eigenvalue weighted by atomic mass is 10.0. The number of aliphatic hydroxyl groups is 1. The van der Waals surface area contributed by atoms with Crippen molar-refractivity contribution in [1.82, 2.24) is 0 Å². The monoisotopic (exact) mass is 146 g/mol. The first-order chi connectivity index (χ1) is 4.34. The van der Waals surface area contributed by atoms with E-state index in [0.29, 0.717) is 0 Å². The van der Waals surface area contributed by atoms with Crippen molar-refractivity contribution < 1.29 is 9.84 Å². The fourth-order valence-corrected chi connectivity index (χ4v) is 0.575. The van der Waals surface area contributed by atoms with Crippen LogP contribution in [0.25, 0.3) is 0 Å². The Labute approximate surface area is 63.2 Å². The van der Waals surface area contributed by atoms with E-state index >= 15 is 0 Å². The SMILES string of the molecule is CC(C)OC(C)C(C)(C)O. The summed E-state index contributed by atoms with van der Waals surface area (Å²) in [6.07, 6.45) is 0.0777. The highest BCUT2D eigenvalue weighted by atomic mass is 16.5. The molecule has 0 radical (unpaired) electrons. The average molecular weight is 146 g/mol. The van der Waals surface area contributed by atoms with Crippen LogP contribution in [-0.4, -0.2) is 22.9 Å². The first-order valence-electron chi connectivity index (χ1n) is 3.72. The zero-order valence-corrected chi connectivity index (χ0v) is 7.51. The van der Waals surface area contributed by atoms with Crippen LogP contribution in [0.4, 0.5) is 0 Å². The van der Waals surface area contributed by atoms with Gasteiger partial charge < -0.3 is 9.84 Å². The van der Waals surface area contributed by atoms with E-state index < -0.39 is 5.60 Å². The van der Waals surface area contributed by atoms with Crippen molar-refractivity contribution in [1.29, 1.82) is 0 Å². The van der Waals surface area contributed by atoms with Crippen LogP contribution in [0.3, 0.4) is 0 Å². The maximum Gasteiger partial charge on any atom is 0.0849 e. The van der Waals surface area contributed by atoms with E-state index in [-0.39, 0.29) is 12.2 Å². The van der Waals surface area contributed by atoms with Crippen molar-refractivity contribution in [2.75, 3.05) is 0 Å². The summed E-state index contributed by atoms with van der Waals surface area (Å²) in [6.45, 7) is 9.30. The van der Waals surface area contributed by atoms with Gasteiger partial charge in [-0.1, -0.05) is 0 Å². The van der Waals surface area contributed by atoms with Gasteiger partial charge in [-0.3, -0.25) is 0 Å². The lowest BCUT2D eigenvalue weighted by Gasteiger charge is -2.27. The van der Waals surface area contributed by atoms with Crippen molar-refractivity contribution in [2.45, 2.75) is 52.4 Å². The number of rotatable bonds is 3. The lowest BCUT2D eigenvalue weighted by Crippen LogP contribution is -2.37. The highest BCUT2D eigenvalue weighted by molar-refractivity contribution is 4.73. The molecule has 0 amide bonds. The Morgan fingerprint density at radius 3 is 1.70 bits per heavy atom.